The number of amides is 3. The number of hydrogen-bond donors (Lipinski definition) is 3. The Morgan fingerprint density at radius 1 is 0.948 bits per heavy atom. The maximum absolute atomic E-state index is 14.8. The summed E-state index contributed by atoms with van der Waals surface area (Å²) in [6.07, 6.45) is 1.20. The minimum atomic E-state index is -0.738. The number of likely N-dealkylation sites (tertiary alicyclic amines) is 1. The van der Waals surface area contributed by atoms with Crippen LogP contribution in [-0.4, -0.2) is 117 Å². The van der Waals surface area contributed by atoms with E-state index in [1.54, 1.807) is 12.1 Å². The Bertz CT molecular complexity index is 1810. The van der Waals surface area contributed by atoms with E-state index in [2.05, 4.69) is 27.9 Å². The molecule has 0 spiro atoms. The van der Waals surface area contributed by atoms with E-state index in [1.807, 2.05) is 81.1 Å². The Kier molecular flexibility index (Phi) is 16.0. The number of rotatable bonds is 16. The normalized spacial score (nSPS) is 19.2. The van der Waals surface area contributed by atoms with Crippen molar-refractivity contribution < 1.29 is 37.5 Å². The fourth-order valence-electron chi connectivity index (χ4n) is 7.58. The van der Waals surface area contributed by atoms with Crippen LogP contribution in [0.3, 0.4) is 0 Å². The van der Waals surface area contributed by atoms with Gasteiger partial charge in [0.05, 0.1) is 33.3 Å². The molecule has 5 rings (SSSR count). The van der Waals surface area contributed by atoms with E-state index in [0.717, 1.165) is 60.2 Å². The largest absolute Gasteiger partial charge is 0.493 e. The van der Waals surface area contributed by atoms with Gasteiger partial charge in [0.15, 0.2) is 0 Å². The molecule has 3 N–H and O–H groups in total. The zero-order valence-corrected chi connectivity index (χ0v) is 35.4. The second kappa shape index (κ2) is 20.9. The first kappa shape index (κ1) is 44.5. The molecule has 0 radical (unpaired) electrons. The third-order valence-electron chi connectivity index (χ3n) is 10.8. The summed E-state index contributed by atoms with van der Waals surface area (Å²) >= 11 is 6.44. The van der Waals surface area contributed by atoms with E-state index >= 15 is 0 Å². The molecule has 0 unspecified atom stereocenters. The molecule has 0 saturated carbocycles. The molecule has 2 aliphatic rings. The number of carbonyl (C=O) groups excluding carboxylic acids is 3. The van der Waals surface area contributed by atoms with Crippen LogP contribution in [0, 0.1) is 11.7 Å². The van der Waals surface area contributed by atoms with E-state index in [1.165, 1.54) is 6.07 Å². The number of hydrogen-bond acceptors (Lipinski definition) is 8. The van der Waals surface area contributed by atoms with Crippen LogP contribution in [-0.2, 0) is 33.8 Å². The lowest BCUT2D eigenvalue weighted by Gasteiger charge is -2.43. The fourth-order valence-corrected chi connectivity index (χ4v) is 7.77. The van der Waals surface area contributed by atoms with Crippen LogP contribution in [0.2, 0.25) is 5.02 Å². The number of ether oxygens (including phenoxy) is 3. The van der Waals surface area contributed by atoms with Crippen molar-refractivity contribution in [1.29, 1.82) is 0 Å². The first-order valence-corrected chi connectivity index (χ1v) is 20.8. The van der Waals surface area contributed by atoms with E-state index in [4.69, 9.17) is 25.8 Å². The second-order valence-electron chi connectivity index (χ2n) is 16.5. The lowest BCUT2D eigenvalue weighted by molar-refractivity contribution is -0.915. The third-order valence-corrected chi connectivity index (χ3v) is 11.1. The van der Waals surface area contributed by atoms with Gasteiger partial charge < -0.3 is 39.5 Å². The third kappa shape index (κ3) is 13.5. The molecular formula is C44H61ClFN6O6+. The number of benzene rings is 3. The van der Waals surface area contributed by atoms with Crippen LogP contribution in [0.4, 0.5) is 19.7 Å². The summed E-state index contributed by atoms with van der Waals surface area (Å²) in [5.41, 5.74) is 2.87. The first-order valence-electron chi connectivity index (χ1n) is 20.4. The predicted molar refractivity (Wildman–Crippen MR) is 224 cm³/mol. The summed E-state index contributed by atoms with van der Waals surface area (Å²) in [7, 11) is 2.24. The van der Waals surface area contributed by atoms with Gasteiger partial charge in [-0.25, -0.2) is 14.0 Å². The molecule has 3 amide bonds. The Morgan fingerprint density at radius 3 is 2.36 bits per heavy atom. The number of nitrogens with one attached hydrogen (secondary N) is 3. The van der Waals surface area contributed by atoms with Crippen molar-refractivity contribution in [2.45, 2.75) is 71.8 Å². The van der Waals surface area contributed by atoms with Gasteiger partial charge in [-0.2, -0.15) is 0 Å². The van der Waals surface area contributed by atoms with Gasteiger partial charge >= 0.3 is 12.2 Å². The highest BCUT2D eigenvalue weighted by Gasteiger charge is 2.40. The van der Waals surface area contributed by atoms with Crippen LogP contribution >= 0.6 is 11.6 Å². The summed E-state index contributed by atoms with van der Waals surface area (Å²) in [5.74, 6) is 0.0410. The van der Waals surface area contributed by atoms with Crippen molar-refractivity contribution >= 4 is 35.4 Å². The maximum atomic E-state index is 14.8. The first-order chi connectivity index (χ1) is 27.7. The number of likely N-dealkylation sites (N-methyl/N-ethyl adjacent to an activating group) is 1. The van der Waals surface area contributed by atoms with Crippen molar-refractivity contribution in [1.82, 2.24) is 20.4 Å². The molecule has 3 aromatic rings. The molecule has 1 atom stereocenters. The highest BCUT2D eigenvalue weighted by Crippen LogP contribution is 2.29. The average Bonchev–Trinajstić information content (AvgIpc) is 3.19. The molecular weight excluding hydrogens is 763 g/mol. The standard InChI is InChI=1S/C44H60ClFN6O6/c1-6-56-39-14-10-13-37(46)36(39)30-50-22-24-51(25-23-50)41(53)40(49-43(55)57-31-32-11-8-7-9-12-32)33-17-26-52(5,27-18-33)28-19-34-29-35(45)15-16-38(34)47-20-21-48-42(54)58-44(2,3)4/h7-16,29,33,40,47H,6,17-28,30-31H2,1-5H3,(H-,48,49,54,55)/p+1/t33?,40-,52?/m1/s1. The smallest absolute Gasteiger partial charge is 0.408 e. The van der Waals surface area contributed by atoms with E-state index in [-0.39, 0.29) is 24.2 Å². The fraction of sp³-hybridized carbons (Fsp3) is 0.523. The number of quaternary nitrogens is 1. The number of carbonyl (C=O) groups is 3. The van der Waals surface area contributed by atoms with Gasteiger partial charge in [0, 0.05) is 81.3 Å². The molecule has 316 valence electrons. The summed E-state index contributed by atoms with van der Waals surface area (Å²) < 4.78 is 32.3. The van der Waals surface area contributed by atoms with Crippen molar-refractivity contribution in [2.75, 3.05) is 77.9 Å². The number of nitrogens with zero attached hydrogens (tertiary/aromatic N) is 3. The Hall–Kier alpha value is -4.59. The highest BCUT2D eigenvalue weighted by atomic mass is 35.5. The number of alkyl carbamates (subject to hydrolysis) is 2. The van der Waals surface area contributed by atoms with Gasteiger partial charge in [0.2, 0.25) is 5.91 Å². The van der Waals surface area contributed by atoms with Crippen LogP contribution in [0.25, 0.3) is 0 Å². The quantitative estimate of drug-likeness (QED) is 0.106. The average molecular weight is 824 g/mol. The lowest BCUT2D eigenvalue weighted by atomic mass is 9.87. The SMILES string of the molecule is CCOc1cccc(F)c1CN1CCN(C(=O)[C@H](NC(=O)OCc2ccccc2)C2CC[N+](C)(CCc3cc(Cl)ccc3NCCNC(=O)OC(C)(C)C)CC2)CC1. The summed E-state index contributed by atoms with van der Waals surface area (Å²) in [5, 5.41) is 9.85. The molecule has 2 heterocycles. The Morgan fingerprint density at radius 2 is 1.67 bits per heavy atom. The summed E-state index contributed by atoms with van der Waals surface area (Å²) in [6.45, 7) is 13.8. The molecule has 0 aliphatic carbocycles. The van der Waals surface area contributed by atoms with Crippen LogP contribution in [0.15, 0.2) is 66.7 Å². The zero-order chi connectivity index (χ0) is 41.7. The minimum absolute atomic E-state index is 0.0750. The Labute approximate surface area is 347 Å². The van der Waals surface area contributed by atoms with Crippen molar-refractivity contribution in [2.24, 2.45) is 5.92 Å². The van der Waals surface area contributed by atoms with Gasteiger partial charge in [-0.15, -0.1) is 0 Å². The van der Waals surface area contributed by atoms with Gasteiger partial charge in [0.1, 0.15) is 29.8 Å². The molecule has 2 fully saturated rings. The molecule has 58 heavy (non-hydrogen) atoms. The highest BCUT2D eigenvalue weighted by molar-refractivity contribution is 6.30. The molecule has 2 aliphatic heterocycles. The van der Waals surface area contributed by atoms with Gasteiger partial charge in [-0.05, 0) is 75.1 Å². The second-order valence-corrected chi connectivity index (χ2v) is 16.9. The van der Waals surface area contributed by atoms with E-state index < -0.39 is 23.8 Å². The van der Waals surface area contributed by atoms with Crippen molar-refractivity contribution in [3.8, 4) is 5.75 Å². The number of anilines is 1. The summed E-state index contributed by atoms with van der Waals surface area (Å²) in [6, 6.07) is 19.4. The Balaban J connectivity index is 1.18. The van der Waals surface area contributed by atoms with E-state index in [9.17, 15) is 18.8 Å². The van der Waals surface area contributed by atoms with Crippen molar-refractivity contribution in [3.63, 3.8) is 0 Å². The van der Waals surface area contributed by atoms with Gasteiger partial charge in [0.25, 0.3) is 0 Å². The minimum Gasteiger partial charge on any atom is -0.493 e. The van der Waals surface area contributed by atoms with Crippen LogP contribution < -0.4 is 20.7 Å². The maximum Gasteiger partial charge on any atom is 0.408 e. The van der Waals surface area contributed by atoms with E-state index in [0.29, 0.717) is 68.8 Å². The molecule has 12 nitrogen and oxygen atoms in total. The van der Waals surface area contributed by atoms with Gasteiger partial charge in [-0.1, -0.05) is 48.0 Å². The monoisotopic (exact) mass is 823 g/mol. The predicted octanol–water partition coefficient (Wildman–Crippen LogP) is 6.85. The van der Waals surface area contributed by atoms with Crippen LogP contribution in [0.1, 0.15) is 57.2 Å². The number of piperidine rings is 1. The molecule has 14 heteroatoms. The number of piperazine rings is 1. The summed E-state index contributed by atoms with van der Waals surface area (Å²) in [4.78, 5) is 43.6. The lowest BCUT2D eigenvalue weighted by Crippen LogP contribution is -2.60. The van der Waals surface area contributed by atoms with Crippen LogP contribution in [0.5, 0.6) is 5.75 Å². The molecule has 0 aromatic heterocycles. The zero-order valence-electron chi connectivity index (χ0n) is 34.7. The molecule has 0 bridgehead atoms. The van der Waals surface area contributed by atoms with Gasteiger partial charge in [-0.3, -0.25) is 9.69 Å². The molecule has 3 aromatic carbocycles. The molecule has 2 saturated heterocycles. The number of halogens is 2. The topological polar surface area (TPSA) is 121 Å². The van der Waals surface area contributed by atoms with Crippen molar-refractivity contribution in [3.05, 3.63) is 94.3 Å².